The number of aryl methyl sites for hydroxylation is 1. The summed E-state index contributed by atoms with van der Waals surface area (Å²) in [4.78, 5) is 2.54. The molecule has 1 aliphatic heterocycles. The zero-order chi connectivity index (χ0) is 13.9. The Morgan fingerprint density at radius 1 is 1.32 bits per heavy atom. The second kappa shape index (κ2) is 5.93. The fraction of sp³-hybridized carbons (Fsp3) is 0.625. The summed E-state index contributed by atoms with van der Waals surface area (Å²) in [5.41, 5.74) is 2.93. The minimum Gasteiger partial charge on any atom is -0.496 e. The van der Waals surface area contributed by atoms with Gasteiger partial charge >= 0.3 is 0 Å². The lowest BCUT2D eigenvalue weighted by molar-refractivity contribution is 0.146. The van der Waals surface area contributed by atoms with Crippen molar-refractivity contribution in [3.05, 3.63) is 29.3 Å². The Hall–Kier alpha value is -1.06. The van der Waals surface area contributed by atoms with E-state index in [9.17, 15) is 0 Å². The first-order valence-corrected chi connectivity index (χ1v) is 7.11. The molecule has 0 atom stereocenters. The fourth-order valence-corrected chi connectivity index (χ4v) is 2.75. The molecule has 2 rings (SSSR count). The molecule has 0 amide bonds. The molecule has 3 heteroatoms. The highest BCUT2D eigenvalue weighted by molar-refractivity contribution is 5.36. The minimum atomic E-state index is 0.326. The summed E-state index contributed by atoms with van der Waals surface area (Å²) in [5.74, 6) is 0.977. The highest BCUT2D eigenvalue weighted by atomic mass is 16.5. The lowest BCUT2D eigenvalue weighted by Gasteiger charge is -2.39. The van der Waals surface area contributed by atoms with Crippen molar-refractivity contribution in [1.29, 1.82) is 0 Å². The first-order chi connectivity index (χ1) is 9.06. The highest BCUT2D eigenvalue weighted by Crippen LogP contribution is 2.24. The summed E-state index contributed by atoms with van der Waals surface area (Å²) in [5, 5.41) is 3.45. The van der Waals surface area contributed by atoms with E-state index in [-0.39, 0.29) is 0 Å². The molecule has 1 fully saturated rings. The number of likely N-dealkylation sites (tertiary alicyclic amines) is 1. The van der Waals surface area contributed by atoms with Crippen LogP contribution >= 0.6 is 0 Å². The van der Waals surface area contributed by atoms with Crippen LogP contribution in [0.5, 0.6) is 5.75 Å². The first kappa shape index (κ1) is 14.4. The Labute approximate surface area is 116 Å². The van der Waals surface area contributed by atoms with Crippen molar-refractivity contribution in [3.63, 3.8) is 0 Å². The Morgan fingerprint density at radius 2 is 2.00 bits per heavy atom. The average Bonchev–Trinajstić information content (AvgIpc) is 2.42. The summed E-state index contributed by atoms with van der Waals surface area (Å²) >= 11 is 0. The van der Waals surface area contributed by atoms with Gasteiger partial charge in [0, 0.05) is 25.2 Å². The highest BCUT2D eigenvalue weighted by Gasteiger charge is 2.27. The molecule has 0 unspecified atom stereocenters. The van der Waals surface area contributed by atoms with Crippen molar-refractivity contribution in [1.82, 2.24) is 10.2 Å². The van der Waals surface area contributed by atoms with E-state index < -0.39 is 0 Å². The van der Waals surface area contributed by atoms with E-state index in [2.05, 4.69) is 49.3 Å². The Bertz CT molecular complexity index is 423. The SMILES string of the molecule is CNC1(C)CCN(Cc2ccc(OC)c(C)c2)CC1. The van der Waals surface area contributed by atoms with Crippen molar-refractivity contribution < 1.29 is 4.74 Å². The summed E-state index contributed by atoms with van der Waals surface area (Å²) in [6, 6.07) is 6.49. The summed E-state index contributed by atoms with van der Waals surface area (Å²) in [7, 11) is 3.80. The van der Waals surface area contributed by atoms with Gasteiger partial charge in [0.1, 0.15) is 5.75 Å². The van der Waals surface area contributed by atoms with E-state index in [1.807, 2.05) is 0 Å². The monoisotopic (exact) mass is 262 g/mol. The topological polar surface area (TPSA) is 24.5 Å². The van der Waals surface area contributed by atoms with Gasteiger partial charge < -0.3 is 10.1 Å². The number of piperidine rings is 1. The van der Waals surface area contributed by atoms with Crippen LogP contribution in [0.3, 0.4) is 0 Å². The van der Waals surface area contributed by atoms with E-state index >= 15 is 0 Å². The number of nitrogens with zero attached hydrogens (tertiary/aromatic N) is 1. The molecule has 0 radical (unpaired) electrons. The van der Waals surface area contributed by atoms with Gasteiger partial charge in [-0.05, 0) is 50.9 Å². The smallest absolute Gasteiger partial charge is 0.121 e. The van der Waals surface area contributed by atoms with E-state index in [0.717, 1.165) is 12.3 Å². The summed E-state index contributed by atoms with van der Waals surface area (Å²) < 4.78 is 5.31. The van der Waals surface area contributed by atoms with Gasteiger partial charge in [0.05, 0.1) is 7.11 Å². The molecule has 0 aliphatic carbocycles. The maximum absolute atomic E-state index is 5.31. The second-order valence-electron chi connectivity index (χ2n) is 5.89. The molecule has 1 N–H and O–H groups in total. The van der Waals surface area contributed by atoms with Crippen LogP contribution in [0.15, 0.2) is 18.2 Å². The van der Waals surface area contributed by atoms with Crippen LogP contribution in [-0.2, 0) is 6.54 Å². The van der Waals surface area contributed by atoms with Crippen molar-refractivity contribution >= 4 is 0 Å². The molecule has 0 aromatic heterocycles. The van der Waals surface area contributed by atoms with Gasteiger partial charge in [-0.25, -0.2) is 0 Å². The van der Waals surface area contributed by atoms with Gasteiger partial charge in [-0.1, -0.05) is 12.1 Å². The van der Waals surface area contributed by atoms with E-state index in [4.69, 9.17) is 4.74 Å². The van der Waals surface area contributed by atoms with Crippen LogP contribution in [0.4, 0.5) is 0 Å². The van der Waals surface area contributed by atoms with E-state index in [1.165, 1.54) is 37.1 Å². The van der Waals surface area contributed by atoms with E-state index in [1.54, 1.807) is 7.11 Å². The van der Waals surface area contributed by atoms with Gasteiger partial charge in [-0.2, -0.15) is 0 Å². The molecule has 0 saturated carbocycles. The van der Waals surface area contributed by atoms with Crippen LogP contribution in [0.1, 0.15) is 30.9 Å². The van der Waals surface area contributed by atoms with Gasteiger partial charge in [-0.15, -0.1) is 0 Å². The van der Waals surface area contributed by atoms with Crippen molar-refractivity contribution in [2.45, 2.75) is 38.8 Å². The average molecular weight is 262 g/mol. The second-order valence-corrected chi connectivity index (χ2v) is 5.89. The van der Waals surface area contributed by atoms with Gasteiger partial charge in [-0.3, -0.25) is 4.90 Å². The number of hydrogen-bond donors (Lipinski definition) is 1. The molecular formula is C16H26N2O. The van der Waals surface area contributed by atoms with Crippen LogP contribution in [-0.4, -0.2) is 37.7 Å². The lowest BCUT2D eigenvalue weighted by Crippen LogP contribution is -2.49. The normalized spacial score (nSPS) is 19.4. The van der Waals surface area contributed by atoms with Crippen LogP contribution in [0, 0.1) is 6.92 Å². The predicted octanol–water partition coefficient (Wildman–Crippen LogP) is 2.58. The molecule has 1 aromatic rings. The number of ether oxygens (including phenoxy) is 1. The maximum atomic E-state index is 5.31. The number of hydrogen-bond acceptors (Lipinski definition) is 3. The number of benzene rings is 1. The molecule has 3 nitrogen and oxygen atoms in total. The molecule has 1 aromatic carbocycles. The van der Waals surface area contributed by atoms with Crippen molar-refractivity contribution in [2.24, 2.45) is 0 Å². The van der Waals surface area contributed by atoms with Crippen LogP contribution < -0.4 is 10.1 Å². The first-order valence-electron chi connectivity index (χ1n) is 7.11. The standard InChI is InChI=1S/C16H26N2O/c1-13-11-14(5-6-15(13)19-4)12-18-9-7-16(2,17-3)8-10-18/h5-6,11,17H,7-10,12H2,1-4H3. The third-order valence-corrected chi connectivity index (χ3v) is 4.43. The van der Waals surface area contributed by atoms with Crippen molar-refractivity contribution in [3.8, 4) is 5.75 Å². The zero-order valence-corrected chi connectivity index (χ0v) is 12.6. The quantitative estimate of drug-likeness (QED) is 0.902. The van der Waals surface area contributed by atoms with Gasteiger partial charge in [0.2, 0.25) is 0 Å². The number of nitrogens with one attached hydrogen (secondary N) is 1. The van der Waals surface area contributed by atoms with Crippen LogP contribution in [0.25, 0.3) is 0 Å². The molecule has 1 saturated heterocycles. The largest absolute Gasteiger partial charge is 0.496 e. The maximum Gasteiger partial charge on any atom is 0.121 e. The van der Waals surface area contributed by atoms with Gasteiger partial charge in [0.25, 0.3) is 0 Å². The summed E-state index contributed by atoms with van der Waals surface area (Å²) in [6.45, 7) is 7.81. The molecule has 1 heterocycles. The third kappa shape index (κ3) is 3.48. The third-order valence-electron chi connectivity index (χ3n) is 4.43. The number of rotatable bonds is 4. The molecule has 1 aliphatic rings. The zero-order valence-electron chi connectivity index (χ0n) is 12.6. The molecule has 106 valence electrons. The molecular weight excluding hydrogens is 236 g/mol. The van der Waals surface area contributed by atoms with Gasteiger partial charge in [0.15, 0.2) is 0 Å². The number of methoxy groups -OCH3 is 1. The minimum absolute atomic E-state index is 0.326. The Kier molecular flexibility index (Phi) is 4.48. The molecule has 0 bridgehead atoms. The lowest BCUT2D eigenvalue weighted by atomic mass is 9.90. The fourth-order valence-electron chi connectivity index (χ4n) is 2.75. The Balaban J connectivity index is 1.94. The van der Waals surface area contributed by atoms with Crippen molar-refractivity contribution in [2.75, 3.05) is 27.2 Å². The summed E-state index contributed by atoms with van der Waals surface area (Å²) in [6.07, 6.45) is 2.44. The molecule has 19 heavy (non-hydrogen) atoms. The Morgan fingerprint density at radius 3 is 2.53 bits per heavy atom. The van der Waals surface area contributed by atoms with Crippen LogP contribution in [0.2, 0.25) is 0 Å². The molecule has 0 spiro atoms. The predicted molar refractivity (Wildman–Crippen MR) is 79.7 cm³/mol. The van der Waals surface area contributed by atoms with E-state index in [0.29, 0.717) is 5.54 Å².